The first-order valence-electron chi connectivity index (χ1n) is 5.59. The van der Waals surface area contributed by atoms with Crippen LogP contribution in [0.3, 0.4) is 0 Å². The lowest BCUT2D eigenvalue weighted by atomic mass is 10.3. The number of sulfonamides is 1. The Kier molecular flexibility index (Phi) is 5.18. The Bertz CT molecular complexity index is 615. The van der Waals surface area contributed by atoms with Gasteiger partial charge in [-0.15, -0.1) is 13.2 Å². The van der Waals surface area contributed by atoms with Gasteiger partial charge in [0.15, 0.2) is 0 Å². The summed E-state index contributed by atoms with van der Waals surface area (Å²) in [5, 5.41) is 8.54. The van der Waals surface area contributed by atoms with E-state index in [9.17, 15) is 26.4 Å². The molecule has 0 amide bonds. The zero-order valence-corrected chi connectivity index (χ0v) is 11.5. The number of ether oxygens (including phenoxy) is 1. The summed E-state index contributed by atoms with van der Waals surface area (Å²) in [4.78, 5) is 10.0. The van der Waals surface area contributed by atoms with Crippen LogP contribution in [-0.4, -0.2) is 31.9 Å². The van der Waals surface area contributed by atoms with Gasteiger partial charge in [0.2, 0.25) is 10.0 Å². The van der Waals surface area contributed by atoms with Crippen molar-refractivity contribution in [3.05, 3.63) is 24.3 Å². The van der Waals surface area contributed by atoms with E-state index in [0.29, 0.717) is 6.07 Å². The van der Waals surface area contributed by atoms with Crippen LogP contribution in [0, 0.1) is 0 Å². The number of nitrogens with one attached hydrogen (secondary N) is 1. The first-order valence-corrected chi connectivity index (χ1v) is 7.08. The number of carbonyl (C=O) groups is 1. The average molecular weight is 327 g/mol. The highest BCUT2D eigenvalue weighted by atomic mass is 32.2. The van der Waals surface area contributed by atoms with Crippen LogP contribution >= 0.6 is 0 Å². The molecule has 1 unspecified atom stereocenters. The fourth-order valence-electron chi connectivity index (χ4n) is 1.47. The minimum absolute atomic E-state index is 0.457. The molecule has 0 saturated heterocycles. The van der Waals surface area contributed by atoms with Crippen LogP contribution in [-0.2, 0) is 14.8 Å². The number of benzene rings is 1. The molecule has 0 saturated carbocycles. The zero-order chi connectivity index (χ0) is 16.3. The smallest absolute Gasteiger partial charge is 0.481 e. The maximum absolute atomic E-state index is 12.1. The molecule has 21 heavy (non-hydrogen) atoms. The highest BCUT2D eigenvalue weighted by molar-refractivity contribution is 7.89. The predicted octanol–water partition coefficient (Wildman–Crippen LogP) is 1.73. The maximum atomic E-state index is 12.1. The van der Waals surface area contributed by atoms with Gasteiger partial charge in [-0.05, 0) is 19.1 Å². The Hall–Kier alpha value is -1.81. The molecule has 0 fully saturated rings. The van der Waals surface area contributed by atoms with E-state index < -0.39 is 45.5 Å². The van der Waals surface area contributed by atoms with Crippen molar-refractivity contribution in [2.24, 2.45) is 0 Å². The Morgan fingerprint density at radius 2 is 2.05 bits per heavy atom. The Morgan fingerprint density at radius 1 is 1.43 bits per heavy atom. The minimum Gasteiger partial charge on any atom is -0.481 e. The monoisotopic (exact) mass is 327 g/mol. The summed E-state index contributed by atoms with van der Waals surface area (Å²) in [6.45, 7) is 1.32. The number of hydrogen-bond acceptors (Lipinski definition) is 4. The minimum atomic E-state index is -4.94. The Morgan fingerprint density at radius 3 is 2.57 bits per heavy atom. The second kappa shape index (κ2) is 6.31. The van der Waals surface area contributed by atoms with Gasteiger partial charge in [0.1, 0.15) is 5.75 Å². The molecule has 0 radical (unpaired) electrons. The van der Waals surface area contributed by atoms with Gasteiger partial charge in [-0.25, -0.2) is 13.1 Å². The number of carboxylic acids is 1. The second-order valence-electron chi connectivity index (χ2n) is 4.14. The summed E-state index contributed by atoms with van der Waals surface area (Å²) in [7, 11) is -4.14. The SMILES string of the molecule is CC(CC(=O)O)NS(=O)(=O)c1cccc(OC(F)(F)F)c1. The zero-order valence-electron chi connectivity index (χ0n) is 10.7. The normalized spacial score (nSPS) is 13.7. The fourth-order valence-corrected chi connectivity index (χ4v) is 2.75. The van der Waals surface area contributed by atoms with Crippen molar-refractivity contribution >= 4 is 16.0 Å². The van der Waals surface area contributed by atoms with Crippen LogP contribution in [0.25, 0.3) is 0 Å². The van der Waals surface area contributed by atoms with Crippen LogP contribution < -0.4 is 9.46 Å². The Balaban J connectivity index is 2.93. The van der Waals surface area contributed by atoms with Crippen molar-refractivity contribution in [1.29, 1.82) is 0 Å². The molecule has 0 aliphatic heterocycles. The van der Waals surface area contributed by atoms with Crippen molar-refractivity contribution < 1.29 is 36.2 Å². The molecule has 118 valence electrons. The number of alkyl halides is 3. The van der Waals surface area contributed by atoms with Crippen LogP contribution in [0.15, 0.2) is 29.2 Å². The topological polar surface area (TPSA) is 92.7 Å². The van der Waals surface area contributed by atoms with E-state index in [-0.39, 0.29) is 0 Å². The quantitative estimate of drug-likeness (QED) is 0.830. The molecule has 6 nitrogen and oxygen atoms in total. The van der Waals surface area contributed by atoms with E-state index in [1.54, 1.807) is 0 Å². The van der Waals surface area contributed by atoms with Gasteiger partial charge in [-0.2, -0.15) is 0 Å². The average Bonchev–Trinajstić information content (AvgIpc) is 2.24. The standard InChI is InChI=1S/C11H12F3NO5S/c1-7(5-10(16)17)15-21(18,19)9-4-2-3-8(6-9)20-11(12,13)14/h2-4,6-7,15H,5H2,1H3,(H,16,17). The first kappa shape index (κ1) is 17.2. The molecule has 10 heteroatoms. The second-order valence-corrected chi connectivity index (χ2v) is 5.86. The highest BCUT2D eigenvalue weighted by Crippen LogP contribution is 2.24. The maximum Gasteiger partial charge on any atom is 0.573 e. The number of halogens is 3. The Labute approximate surface area is 118 Å². The summed E-state index contributed by atoms with van der Waals surface area (Å²) >= 11 is 0. The van der Waals surface area contributed by atoms with Gasteiger partial charge in [-0.1, -0.05) is 6.07 Å². The van der Waals surface area contributed by atoms with E-state index in [2.05, 4.69) is 4.74 Å². The summed E-state index contributed by atoms with van der Waals surface area (Å²) in [5.41, 5.74) is 0. The van der Waals surface area contributed by atoms with E-state index in [1.165, 1.54) is 6.92 Å². The van der Waals surface area contributed by atoms with Gasteiger partial charge >= 0.3 is 12.3 Å². The van der Waals surface area contributed by atoms with Gasteiger partial charge in [-0.3, -0.25) is 4.79 Å². The summed E-state index contributed by atoms with van der Waals surface area (Å²) < 4.78 is 65.7. The third kappa shape index (κ3) is 6.00. The lowest BCUT2D eigenvalue weighted by Gasteiger charge is -2.13. The van der Waals surface area contributed by atoms with E-state index in [1.807, 2.05) is 4.72 Å². The van der Waals surface area contributed by atoms with Gasteiger partial charge in [0.25, 0.3) is 0 Å². The number of rotatable bonds is 6. The largest absolute Gasteiger partial charge is 0.573 e. The summed E-state index contributed by atoms with van der Waals surface area (Å²) in [6, 6.07) is 2.88. The lowest BCUT2D eigenvalue weighted by Crippen LogP contribution is -2.34. The molecule has 1 atom stereocenters. The third-order valence-electron chi connectivity index (χ3n) is 2.19. The molecule has 1 aromatic rings. The lowest BCUT2D eigenvalue weighted by molar-refractivity contribution is -0.274. The van der Waals surface area contributed by atoms with Crippen LogP contribution in [0.5, 0.6) is 5.75 Å². The molecule has 1 aromatic carbocycles. The van der Waals surface area contributed by atoms with Gasteiger partial charge in [0.05, 0.1) is 11.3 Å². The van der Waals surface area contributed by atoms with Crippen molar-refractivity contribution in [2.45, 2.75) is 30.6 Å². The molecule has 0 spiro atoms. The highest BCUT2D eigenvalue weighted by Gasteiger charge is 2.31. The van der Waals surface area contributed by atoms with Crippen LogP contribution in [0.4, 0.5) is 13.2 Å². The predicted molar refractivity (Wildman–Crippen MR) is 65.2 cm³/mol. The molecule has 0 bridgehead atoms. The summed E-state index contributed by atoms with van der Waals surface area (Å²) in [6.07, 6.45) is -5.40. The van der Waals surface area contributed by atoms with E-state index in [0.717, 1.165) is 18.2 Å². The summed E-state index contributed by atoms with van der Waals surface area (Å²) in [5.74, 6) is -1.89. The molecule has 0 aliphatic rings. The van der Waals surface area contributed by atoms with E-state index >= 15 is 0 Å². The van der Waals surface area contributed by atoms with Crippen molar-refractivity contribution in [1.82, 2.24) is 4.72 Å². The van der Waals surface area contributed by atoms with Crippen LogP contribution in [0.1, 0.15) is 13.3 Å². The first-order chi connectivity index (χ1) is 9.49. The molecule has 0 heterocycles. The van der Waals surface area contributed by atoms with Gasteiger partial charge in [0, 0.05) is 12.1 Å². The fraction of sp³-hybridized carbons (Fsp3) is 0.364. The molecule has 2 N–H and O–H groups in total. The molecule has 0 aliphatic carbocycles. The molecule has 1 rings (SSSR count). The third-order valence-corrected chi connectivity index (χ3v) is 3.77. The molecule has 0 aromatic heterocycles. The van der Waals surface area contributed by atoms with Crippen molar-refractivity contribution in [3.63, 3.8) is 0 Å². The van der Waals surface area contributed by atoms with E-state index in [4.69, 9.17) is 5.11 Å². The number of aliphatic carboxylic acids is 1. The van der Waals surface area contributed by atoms with Gasteiger partial charge < -0.3 is 9.84 Å². The van der Waals surface area contributed by atoms with Crippen LogP contribution in [0.2, 0.25) is 0 Å². The molecular weight excluding hydrogens is 315 g/mol. The number of hydrogen-bond donors (Lipinski definition) is 2. The van der Waals surface area contributed by atoms with Crippen molar-refractivity contribution in [3.8, 4) is 5.75 Å². The number of carboxylic acid groups (broad SMARTS) is 1. The van der Waals surface area contributed by atoms with Crippen molar-refractivity contribution in [2.75, 3.05) is 0 Å². The molecular formula is C11H12F3NO5S.